The van der Waals surface area contributed by atoms with Crippen LogP contribution < -0.4 is 5.32 Å². The van der Waals surface area contributed by atoms with Crippen LogP contribution in [0.1, 0.15) is 61.0 Å². The smallest absolute Gasteiger partial charge is 0.244 e. The minimum Gasteiger partial charge on any atom is -0.354 e. The van der Waals surface area contributed by atoms with Crippen LogP contribution in [0.25, 0.3) is 0 Å². The Morgan fingerprint density at radius 3 is 2.77 bits per heavy atom. The van der Waals surface area contributed by atoms with Gasteiger partial charge in [-0.25, -0.2) is 4.98 Å². The fourth-order valence-corrected chi connectivity index (χ4v) is 6.85. The molecule has 5 rings (SSSR count). The van der Waals surface area contributed by atoms with E-state index >= 15 is 0 Å². The first-order valence-electron chi connectivity index (χ1n) is 14.1. The van der Waals surface area contributed by atoms with Gasteiger partial charge in [0, 0.05) is 66.7 Å². The maximum Gasteiger partial charge on any atom is 0.244 e. The number of carbonyl (C=O) groups excluding carboxylic acids is 2. The molecule has 3 aromatic rings. The van der Waals surface area contributed by atoms with Crippen molar-refractivity contribution in [2.75, 3.05) is 26.2 Å². The Hall–Kier alpha value is -2.56. The molecule has 1 fully saturated rings. The van der Waals surface area contributed by atoms with E-state index in [9.17, 15) is 9.59 Å². The van der Waals surface area contributed by atoms with Gasteiger partial charge in [0.15, 0.2) is 0 Å². The Kier molecular flexibility index (Phi) is 9.70. The Balaban J connectivity index is 1.41. The fraction of sp³-hybridized carbons (Fsp3) is 0.467. The van der Waals surface area contributed by atoms with Crippen molar-refractivity contribution in [3.63, 3.8) is 0 Å². The van der Waals surface area contributed by atoms with Gasteiger partial charge in [-0.1, -0.05) is 41.4 Å². The molecule has 1 saturated heterocycles. The number of carbonyl (C=O) groups is 2. The number of nitrogens with zero attached hydrogens (tertiary/aromatic N) is 5. The van der Waals surface area contributed by atoms with Crippen LogP contribution in [0, 0.1) is 0 Å². The average molecular weight is 672 g/mol. The monoisotopic (exact) mass is 670 g/mol. The topological polar surface area (TPSA) is 83.4 Å². The van der Waals surface area contributed by atoms with Gasteiger partial charge in [0.1, 0.15) is 6.04 Å². The lowest BCUT2D eigenvalue weighted by Crippen LogP contribution is -2.61. The molecule has 0 spiro atoms. The normalized spacial score (nSPS) is 19.0. The van der Waals surface area contributed by atoms with Gasteiger partial charge in [0.05, 0.1) is 18.1 Å². The van der Waals surface area contributed by atoms with Gasteiger partial charge in [-0.15, -0.1) is 0 Å². The number of aromatic nitrogens is 3. The van der Waals surface area contributed by atoms with Crippen molar-refractivity contribution >= 4 is 43.7 Å². The lowest BCUT2D eigenvalue weighted by atomic mass is 9.95. The highest BCUT2D eigenvalue weighted by atomic mass is 79.9. The zero-order valence-corrected chi connectivity index (χ0v) is 26.0. The molecule has 10 heteroatoms. The third kappa shape index (κ3) is 6.50. The van der Waals surface area contributed by atoms with Gasteiger partial charge < -0.3 is 14.8 Å². The summed E-state index contributed by atoms with van der Waals surface area (Å²) in [5.74, 6) is -0.0323. The molecule has 1 aliphatic heterocycles. The number of hydrogen-bond donors (Lipinski definition) is 1. The maximum absolute atomic E-state index is 13.7. The molecule has 2 amide bonds. The summed E-state index contributed by atoms with van der Waals surface area (Å²) in [5, 5.41) is 3.12. The average Bonchev–Trinajstić information content (AvgIpc) is 3.42. The van der Waals surface area contributed by atoms with Crippen molar-refractivity contribution in [2.45, 2.75) is 64.1 Å². The number of nitrogens with one attached hydrogen (secondary N) is 1. The lowest BCUT2D eigenvalue weighted by molar-refractivity contribution is -0.144. The first kappa shape index (κ1) is 29.0. The first-order valence-corrected chi connectivity index (χ1v) is 15.7. The quantitative estimate of drug-likeness (QED) is 0.328. The summed E-state index contributed by atoms with van der Waals surface area (Å²) in [6.45, 7) is 5.04. The van der Waals surface area contributed by atoms with E-state index in [1.807, 2.05) is 21.9 Å². The molecule has 2 unspecified atom stereocenters. The van der Waals surface area contributed by atoms with Crippen molar-refractivity contribution in [3.8, 4) is 0 Å². The molecule has 3 heterocycles. The summed E-state index contributed by atoms with van der Waals surface area (Å²) >= 11 is 7.45. The van der Waals surface area contributed by atoms with Gasteiger partial charge in [0.2, 0.25) is 11.8 Å². The molecule has 0 radical (unpaired) electrons. The number of fused-ring (bicyclic) bond motifs is 2. The Morgan fingerprint density at radius 1 is 1.12 bits per heavy atom. The van der Waals surface area contributed by atoms with Crippen LogP contribution in [0.5, 0.6) is 0 Å². The second kappa shape index (κ2) is 13.4. The van der Waals surface area contributed by atoms with Crippen molar-refractivity contribution in [1.29, 1.82) is 0 Å². The van der Waals surface area contributed by atoms with Crippen LogP contribution in [0.3, 0.4) is 0 Å². The number of pyridine rings is 1. The van der Waals surface area contributed by atoms with Crippen LogP contribution >= 0.6 is 31.9 Å². The highest BCUT2D eigenvalue weighted by molar-refractivity contribution is 9.10. The summed E-state index contributed by atoms with van der Waals surface area (Å²) in [7, 11) is 0. The minimum atomic E-state index is -0.556. The van der Waals surface area contributed by atoms with E-state index in [1.165, 1.54) is 16.7 Å². The molecule has 0 bridgehead atoms. The standard InChI is InChI=1S/C30H36Br2N6O2/c1-2-3-8-26(39)38-16-15-37(19-25(38)30(40)34-11-5-13-36-14-12-33-20-36)29-27-21(6-4-7-24(27)32)9-10-22-17-23(31)18-35-28(22)29/h4,6-7,12,14,17-18,20,25,29H,2-3,5,8-11,13,15-16,19H2,1H3,(H,34,40). The predicted molar refractivity (Wildman–Crippen MR) is 162 cm³/mol. The largest absolute Gasteiger partial charge is 0.354 e. The number of unbranched alkanes of at least 4 members (excludes halogenated alkanes) is 1. The predicted octanol–water partition coefficient (Wildman–Crippen LogP) is 4.90. The van der Waals surface area contributed by atoms with E-state index in [0.717, 1.165) is 53.3 Å². The number of aryl methyl sites for hydroxylation is 3. The Labute approximate surface area is 252 Å². The molecule has 2 aliphatic rings. The molecular weight excluding hydrogens is 636 g/mol. The van der Waals surface area contributed by atoms with Crippen LogP contribution in [-0.4, -0.2) is 68.4 Å². The highest BCUT2D eigenvalue weighted by Crippen LogP contribution is 2.41. The molecule has 40 heavy (non-hydrogen) atoms. The highest BCUT2D eigenvalue weighted by Gasteiger charge is 2.40. The molecule has 1 aliphatic carbocycles. The van der Waals surface area contributed by atoms with E-state index in [1.54, 1.807) is 12.5 Å². The van der Waals surface area contributed by atoms with E-state index in [2.05, 4.69) is 78.2 Å². The zero-order chi connectivity index (χ0) is 28.1. The Morgan fingerprint density at radius 2 is 1.98 bits per heavy atom. The Bertz CT molecular complexity index is 1330. The lowest BCUT2D eigenvalue weighted by Gasteiger charge is -2.44. The SMILES string of the molecule is CCCCC(=O)N1CCN(C2c3ncc(Br)cc3CCc3cccc(Br)c32)CC1C(=O)NCCCn1ccnc1. The molecule has 8 nitrogen and oxygen atoms in total. The fourth-order valence-electron chi connectivity index (χ4n) is 5.85. The molecule has 0 saturated carbocycles. The second-order valence-corrected chi connectivity index (χ2v) is 12.3. The number of imidazole rings is 1. The summed E-state index contributed by atoms with van der Waals surface area (Å²) in [6.07, 6.45) is 12.2. The maximum atomic E-state index is 13.7. The molecule has 212 valence electrons. The molecular formula is C30H36Br2N6O2. The number of amides is 2. The number of rotatable bonds is 9. The minimum absolute atomic E-state index is 0.0602. The third-order valence-corrected chi connectivity index (χ3v) is 9.03. The second-order valence-electron chi connectivity index (χ2n) is 10.6. The molecule has 2 atom stereocenters. The summed E-state index contributed by atoms with van der Waals surface area (Å²) in [6, 6.07) is 7.88. The number of halogens is 2. The van der Waals surface area contributed by atoms with Gasteiger partial charge in [-0.2, -0.15) is 0 Å². The summed E-state index contributed by atoms with van der Waals surface area (Å²) in [4.78, 5) is 40.1. The van der Waals surface area contributed by atoms with Gasteiger partial charge in [-0.05, 0) is 70.4 Å². The molecule has 1 N–H and O–H groups in total. The van der Waals surface area contributed by atoms with E-state index < -0.39 is 6.04 Å². The number of benzene rings is 1. The van der Waals surface area contributed by atoms with Crippen molar-refractivity contribution in [1.82, 2.24) is 29.7 Å². The van der Waals surface area contributed by atoms with Crippen molar-refractivity contribution < 1.29 is 9.59 Å². The van der Waals surface area contributed by atoms with E-state index in [0.29, 0.717) is 32.6 Å². The van der Waals surface area contributed by atoms with E-state index in [4.69, 9.17) is 4.98 Å². The summed E-state index contributed by atoms with van der Waals surface area (Å²) < 4.78 is 4.02. The van der Waals surface area contributed by atoms with Crippen LogP contribution in [-0.2, 0) is 29.0 Å². The summed E-state index contributed by atoms with van der Waals surface area (Å²) in [5.41, 5.74) is 4.74. The number of hydrogen-bond acceptors (Lipinski definition) is 5. The van der Waals surface area contributed by atoms with Crippen LogP contribution in [0.2, 0.25) is 0 Å². The van der Waals surface area contributed by atoms with E-state index in [-0.39, 0.29) is 17.9 Å². The van der Waals surface area contributed by atoms with Gasteiger partial charge >= 0.3 is 0 Å². The third-order valence-electron chi connectivity index (χ3n) is 7.90. The van der Waals surface area contributed by atoms with Crippen molar-refractivity contribution in [2.24, 2.45) is 0 Å². The van der Waals surface area contributed by atoms with Gasteiger partial charge in [-0.3, -0.25) is 19.5 Å². The zero-order valence-electron chi connectivity index (χ0n) is 22.9. The molecule has 2 aromatic heterocycles. The van der Waals surface area contributed by atoms with Crippen LogP contribution in [0.15, 0.2) is 58.1 Å². The molecule has 1 aromatic carbocycles. The van der Waals surface area contributed by atoms with Gasteiger partial charge in [0.25, 0.3) is 0 Å². The number of piperazine rings is 1. The first-order chi connectivity index (χ1) is 19.5. The van der Waals surface area contributed by atoms with Crippen LogP contribution in [0.4, 0.5) is 0 Å². The van der Waals surface area contributed by atoms with Crippen molar-refractivity contribution in [3.05, 3.63) is 80.5 Å².